The van der Waals surface area contributed by atoms with Crippen LogP contribution in [0.2, 0.25) is 10.0 Å². The number of carbonyl (C=O) groups excluding carboxylic acids is 1. The van der Waals surface area contributed by atoms with E-state index in [0.29, 0.717) is 16.1 Å². The number of hydrogen-bond acceptors (Lipinski definition) is 2. The fraction of sp³-hybridized carbons (Fsp3) is 0.500. The van der Waals surface area contributed by atoms with Gasteiger partial charge in [-0.1, -0.05) is 29.3 Å². The van der Waals surface area contributed by atoms with E-state index in [1.807, 2.05) is 11.9 Å². The van der Waals surface area contributed by atoms with Crippen molar-refractivity contribution in [1.29, 1.82) is 0 Å². The highest BCUT2D eigenvalue weighted by Crippen LogP contribution is 2.26. The molecule has 1 unspecified atom stereocenters. The molecule has 19 heavy (non-hydrogen) atoms. The van der Waals surface area contributed by atoms with Crippen LogP contribution in [0, 0.1) is 0 Å². The minimum Gasteiger partial charge on any atom is -0.338 e. The van der Waals surface area contributed by atoms with E-state index < -0.39 is 0 Å². The highest BCUT2D eigenvalue weighted by molar-refractivity contribution is 6.36. The zero-order chi connectivity index (χ0) is 13.8. The fourth-order valence-corrected chi connectivity index (χ4v) is 3.10. The third kappa shape index (κ3) is 3.41. The normalized spacial score (nSPS) is 18.9. The Kier molecular flexibility index (Phi) is 5.08. The van der Waals surface area contributed by atoms with E-state index in [-0.39, 0.29) is 12.3 Å². The van der Waals surface area contributed by atoms with Crippen molar-refractivity contribution in [3.8, 4) is 0 Å². The number of nitrogens with zero attached hydrogens (tertiary/aromatic N) is 1. The van der Waals surface area contributed by atoms with Crippen molar-refractivity contribution < 1.29 is 4.79 Å². The Bertz CT molecular complexity index is 445. The molecule has 5 heteroatoms. The Labute approximate surface area is 123 Å². The molecule has 1 aromatic rings. The number of likely N-dealkylation sites (tertiary alicyclic amines) is 1. The first-order chi connectivity index (χ1) is 9.13. The molecule has 2 rings (SSSR count). The van der Waals surface area contributed by atoms with Crippen molar-refractivity contribution in [3.05, 3.63) is 33.8 Å². The maximum Gasteiger partial charge on any atom is 0.227 e. The molecule has 1 fully saturated rings. The van der Waals surface area contributed by atoms with Gasteiger partial charge in [-0.2, -0.15) is 0 Å². The molecule has 0 aromatic heterocycles. The predicted molar refractivity (Wildman–Crippen MR) is 78.8 cm³/mol. The van der Waals surface area contributed by atoms with E-state index in [9.17, 15) is 4.79 Å². The van der Waals surface area contributed by atoms with E-state index >= 15 is 0 Å². The molecular formula is C14H18Cl2N2O. The molecule has 0 spiro atoms. The van der Waals surface area contributed by atoms with E-state index in [4.69, 9.17) is 23.2 Å². The zero-order valence-electron chi connectivity index (χ0n) is 11.0. The standard InChI is InChI=1S/C14H18Cl2N2O/c1-17-9-10-4-3-7-18(10)14(19)8-11-12(15)5-2-6-13(11)16/h2,5-6,10,17H,3-4,7-9H2,1H3. The quantitative estimate of drug-likeness (QED) is 0.927. The van der Waals surface area contributed by atoms with Gasteiger partial charge in [0.15, 0.2) is 0 Å². The van der Waals surface area contributed by atoms with Crippen molar-refractivity contribution in [2.75, 3.05) is 20.1 Å². The first-order valence-corrected chi connectivity index (χ1v) is 7.26. The zero-order valence-corrected chi connectivity index (χ0v) is 12.5. The highest BCUT2D eigenvalue weighted by Gasteiger charge is 2.28. The van der Waals surface area contributed by atoms with E-state index in [1.165, 1.54) is 0 Å². The van der Waals surface area contributed by atoms with Gasteiger partial charge in [-0.3, -0.25) is 4.79 Å². The first-order valence-electron chi connectivity index (χ1n) is 6.50. The molecule has 1 N–H and O–H groups in total. The number of carbonyl (C=O) groups is 1. The van der Waals surface area contributed by atoms with Gasteiger partial charge in [0.25, 0.3) is 0 Å². The van der Waals surface area contributed by atoms with Gasteiger partial charge in [-0.15, -0.1) is 0 Å². The summed E-state index contributed by atoms with van der Waals surface area (Å²) in [5, 5.41) is 4.26. The number of halogens is 2. The number of hydrogen-bond donors (Lipinski definition) is 1. The molecule has 0 saturated carbocycles. The van der Waals surface area contributed by atoms with Crippen LogP contribution in [0.5, 0.6) is 0 Å². The minimum atomic E-state index is 0.104. The minimum absolute atomic E-state index is 0.104. The second-order valence-electron chi connectivity index (χ2n) is 4.82. The van der Waals surface area contributed by atoms with Crippen LogP contribution in [0.15, 0.2) is 18.2 Å². The number of benzene rings is 1. The van der Waals surface area contributed by atoms with E-state index in [1.54, 1.807) is 18.2 Å². The first kappa shape index (κ1) is 14.6. The Morgan fingerprint density at radius 3 is 2.74 bits per heavy atom. The molecule has 1 aliphatic rings. The van der Waals surface area contributed by atoms with Gasteiger partial charge in [0.2, 0.25) is 5.91 Å². The summed E-state index contributed by atoms with van der Waals surface area (Å²) in [5.74, 6) is 0.104. The summed E-state index contributed by atoms with van der Waals surface area (Å²) in [6, 6.07) is 5.62. The summed E-state index contributed by atoms with van der Waals surface area (Å²) < 4.78 is 0. The van der Waals surface area contributed by atoms with Crippen molar-refractivity contribution in [3.63, 3.8) is 0 Å². The van der Waals surface area contributed by atoms with Crippen LogP contribution in [-0.4, -0.2) is 37.0 Å². The van der Waals surface area contributed by atoms with Crippen LogP contribution >= 0.6 is 23.2 Å². The molecule has 1 aromatic carbocycles. The Morgan fingerprint density at radius 1 is 1.42 bits per heavy atom. The highest BCUT2D eigenvalue weighted by atomic mass is 35.5. The van der Waals surface area contributed by atoms with Crippen LogP contribution in [-0.2, 0) is 11.2 Å². The smallest absolute Gasteiger partial charge is 0.227 e. The SMILES string of the molecule is CNCC1CCCN1C(=O)Cc1c(Cl)cccc1Cl. The lowest BCUT2D eigenvalue weighted by Crippen LogP contribution is -2.41. The molecule has 0 aliphatic carbocycles. The molecule has 1 atom stereocenters. The maximum atomic E-state index is 12.4. The van der Waals surface area contributed by atoms with Gasteiger partial charge in [-0.25, -0.2) is 0 Å². The molecule has 1 saturated heterocycles. The number of amides is 1. The predicted octanol–water partition coefficient (Wildman–Crippen LogP) is 2.75. The summed E-state index contributed by atoms with van der Waals surface area (Å²) in [5.41, 5.74) is 0.728. The van der Waals surface area contributed by atoms with E-state index in [2.05, 4.69) is 5.32 Å². The lowest BCUT2D eigenvalue weighted by Gasteiger charge is -2.25. The molecule has 0 radical (unpaired) electrons. The van der Waals surface area contributed by atoms with Crippen LogP contribution in [0.1, 0.15) is 18.4 Å². The fourth-order valence-electron chi connectivity index (χ4n) is 2.57. The lowest BCUT2D eigenvalue weighted by molar-refractivity contribution is -0.131. The molecule has 0 bridgehead atoms. The van der Waals surface area contributed by atoms with Crippen molar-refractivity contribution in [2.24, 2.45) is 0 Å². The van der Waals surface area contributed by atoms with Gasteiger partial charge < -0.3 is 10.2 Å². The molecule has 1 aliphatic heterocycles. The molecule has 104 valence electrons. The average Bonchev–Trinajstić information content (AvgIpc) is 2.83. The maximum absolute atomic E-state index is 12.4. The number of rotatable bonds is 4. The third-order valence-electron chi connectivity index (χ3n) is 3.53. The van der Waals surface area contributed by atoms with Crippen molar-refractivity contribution in [2.45, 2.75) is 25.3 Å². The van der Waals surface area contributed by atoms with Crippen LogP contribution < -0.4 is 5.32 Å². The van der Waals surface area contributed by atoms with Crippen molar-refractivity contribution in [1.82, 2.24) is 10.2 Å². The van der Waals surface area contributed by atoms with Gasteiger partial charge in [-0.05, 0) is 37.6 Å². The van der Waals surface area contributed by atoms with Crippen LogP contribution in [0.4, 0.5) is 0 Å². The molecule has 3 nitrogen and oxygen atoms in total. The van der Waals surface area contributed by atoms with Gasteiger partial charge in [0.05, 0.1) is 6.42 Å². The lowest BCUT2D eigenvalue weighted by atomic mass is 10.1. The van der Waals surface area contributed by atoms with Crippen molar-refractivity contribution >= 4 is 29.1 Å². The summed E-state index contributed by atoms with van der Waals surface area (Å²) >= 11 is 12.2. The largest absolute Gasteiger partial charge is 0.338 e. The topological polar surface area (TPSA) is 32.3 Å². The van der Waals surface area contributed by atoms with E-state index in [0.717, 1.165) is 31.5 Å². The molecular weight excluding hydrogens is 283 g/mol. The molecule has 1 heterocycles. The van der Waals surface area contributed by atoms with Crippen LogP contribution in [0.3, 0.4) is 0 Å². The number of likely N-dealkylation sites (N-methyl/N-ethyl adjacent to an activating group) is 1. The Hall–Kier alpha value is -0.770. The third-order valence-corrected chi connectivity index (χ3v) is 4.24. The second kappa shape index (κ2) is 6.60. The summed E-state index contributed by atoms with van der Waals surface area (Å²) in [4.78, 5) is 14.3. The summed E-state index contributed by atoms with van der Waals surface area (Å²) in [6.07, 6.45) is 2.40. The van der Waals surface area contributed by atoms with Crippen LogP contribution in [0.25, 0.3) is 0 Å². The summed E-state index contributed by atoms with van der Waals surface area (Å²) in [7, 11) is 1.91. The second-order valence-corrected chi connectivity index (χ2v) is 5.63. The summed E-state index contributed by atoms with van der Waals surface area (Å²) in [6.45, 7) is 1.66. The monoisotopic (exact) mass is 300 g/mol. The van der Waals surface area contributed by atoms with Gasteiger partial charge in [0, 0.05) is 29.2 Å². The Morgan fingerprint density at radius 2 is 2.11 bits per heavy atom. The van der Waals surface area contributed by atoms with Gasteiger partial charge >= 0.3 is 0 Å². The number of nitrogens with one attached hydrogen (secondary N) is 1. The van der Waals surface area contributed by atoms with Gasteiger partial charge in [0.1, 0.15) is 0 Å². The Balaban J connectivity index is 2.08. The average molecular weight is 301 g/mol. The molecule has 1 amide bonds.